The first kappa shape index (κ1) is 15.4. The van der Waals surface area contributed by atoms with E-state index in [1.807, 2.05) is 24.4 Å². The molecule has 23 heavy (non-hydrogen) atoms. The fourth-order valence-electron chi connectivity index (χ4n) is 2.86. The third-order valence-corrected chi connectivity index (χ3v) is 4.19. The Balaban J connectivity index is 1.79. The molecule has 4 nitrogen and oxygen atoms in total. The van der Waals surface area contributed by atoms with E-state index >= 15 is 0 Å². The molecule has 0 spiro atoms. The van der Waals surface area contributed by atoms with Crippen LogP contribution in [0.25, 0.3) is 10.9 Å². The molecule has 1 heterocycles. The van der Waals surface area contributed by atoms with Crippen LogP contribution >= 0.6 is 0 Å². The zero-order valence-corrected chi connectivity index (χ0v) is 13.7. The van der Waals surface area contributed by atoms with E-state index in [4.69, 9.17) is 9.47 Å². The highest BCUT2D eigenvalue weighted by atomic mass is 16.5. The van der Waals surface area contributed by atoms with Crippen molar-refractivity contribution in [2.45, 2.75) is 19.5 Å². The summed E-state index contributed by atoms with van der Waals surface area (Å²) >= 11 is 0. The molecule has 0 radical (unpaired) electrons. The molecule has 0 amide bonds. The molecule has 1 unspecified atom stereocenters. The van der Waals surface area contributed by atoms with Crippen LogP contribution in [0.2, 0.25) is 0 Å². The molecule has 2 aromatic carbocycles. The number of methoxy groups -OCH3 is 2. The maximum absolute atomic E-state index is 5.48. The molecular weight excluding hydrogens is 288 g/mol. The largest absolute Gasteiger partial charge is 0.497 e. The van der Waals surface area contributed by atoms with Gasteiger partial charge in [-0.25, -0.2) is 0 Å². The van der Waals surface area contributed by atoms with Crippen LogP contribution in [0, 0.1) is 0 Å². The number of aromatic amines is 1. The standard InChI is InChI=1S/C19H22N2O2/c1-13(17-11-15(22-2)7-8-19(17)23-3)21-12-14-5-4-6-18-16(14)9-10-20-18/h4-11,13,20-21H,12H2,1-3H3. The number of fused-ring (bicyclic) bond motifs is 1. The van der Waals surface area contributed by atoms with E-state index in [2.05, 4.69) is 41.5 Å². The van der Waals surface area contributed by atoms with E-state index in [1.54, 1.807) is 14.2 Å². The first-order valence-corrected chi connectivity index (χ1v) is 7.73. The number of aromatic nitrogens is 1. The van der Waals surface area contributed by atoms with Gasteiger partial charge in [0.2, 0.25) is 0 Å². The summed E-state index contributed by atoms with van der Waals surface area (Å²) < 4.78 is 10.8. The highest BCUT2D eigenvalue weighted by molar-refractivity contribution is 5.82. The summed E-state index contributed by atoms with van der Waals surface area (Å²) in [6.07, 6.45) is 1.97. The Morgan fingerprint density at radius 3 is 2.74 bits per heavy atom. The van der Waals surface area contributed by atoms with Crippen molar-refractivity contribution in [3.8, 4) is 11.5 Å². The van der Waals surface area contributed by atoms with Gasteiger partial charge in [0, 0.05) is 35.2 Å². The molecular formula is C19H22N2O2. The number of rotatable bonds is 6. The molecule has 0 bridgehead atoms. The number of ether oxygens (including phenoxy) is 2. The summed E-state index contributed by atoms with van der Waals surface area (Å²) in [4.78, 5) is 3.25. The second-order valence-electron chi connectivity index (χ2n) is 5.57. The lowest BCUT2D eigenvalue weighted by atomic mass is 10.1. The Morgan fingerprint density at radius 1 is 1.09 bits per heavy atom. The Morgan fingerprint density at radius 2 is 1.96 bits per heavy atom. The van der Waals surface area contributed by atoms with Crippen molar-refractivity contribution in [2.24, 2.45) is 0 Å². The van der Waals surface area contributed by atoms with Crippen LogP contribution < -0.4 is 14.8 Å². The molecule has 1 atom stereocenters. The molecule has 4 heteroatoms. The normalized spacial score (nSPS) is 12.3. The Kier molecular flexibility index (Phi) is 4.53. The van der Waals surface area contributed by atoms with Crippen molar-refractivity contribution in [1.82, 2.24) is 10.3 Å². The number of H-pyrrole nitrogens is 1. The lowest BCUT2D eigenvalue weighted by Gasteiger charge is -2.18. The van der Waals surface area contributed by atoms with Crippen LogP contribution in [0.1, 0.15) is 24.1 Å². The fourth-order valence-corrected chi connectivity index (χ4v) is 2.86. The number of hydrogen-bond acceptors (Lipinski definition) is 3. The number of benzene rings is 2. The van der Waals surface area contributed by atoms with Gasteiger partial charge in [0.05, 0.1) is 14.2 Å². The molecule has 3 rings (SSSR count). The molecule has 1 aromatic heterocycles. The minimum atomic E-state index is 0.147. The molecule has 120 valence electrons. The summed E-state index contributed by atoms with van der Waals surface area (Å²) in [5.74, 6) is 1.70. The van der Waals surface area contributed by atoms with Crippen molar-refractivity contribution in [3.05, 3.63) is 59.8 Å². The highest BCUT2D eigenvalue weighted by Crippen LogP contribution is 2.29. The molecule has 3 aromatic rings. The van der Waals surface area contributed by atoms with Gasteiger partial charge >= 0.3 is 0 Å². The van der Waals surface area contributed by atoms with Crippen molar-refractivity contribution < 1.29 is 9.47 Å². The topological polar surface area (TPSA) is 46.3 Å². The summed E-state index contributed by atoms with van der Waals surface area (Å²) in [5.41, 5.74) is 3.53. The molecule has 0 aliphatic rings. The third-order valence-electron chi connectivity index (χ3n) is 4.19. The molecule has 0 aliphatic heterocycles. The minimum absolute atomic E-state index is 0.147. The summed E-state index contributed by atoms with van der Waals surface area (Å²) in [6, 6.07) is 14.5. The Labute approximate surface area is 136 Å². The lowest BCUT2D eigenvalue weighted by molar-refractivity contribution is 0.391. The smallest absolute Gasteiger partial charge is 0.123 e. The average Bonchev–Trinajstić information content (AvgIpc) is 3.08. The Bertz CT molecular complexity index is 795. The quantitative estimate of drug-likeness (QED) is 0.722. The molecule has 0 saturated heterocycles. The maximum atomic E-state index is 5.48. The van der Waals surface area contributed by atoms with Crippen LogP contribution in [0.15, 0.2) is 48.7 Å². The van der Waals surface area contributed by atoms with E-state index in [1.165, 1.54) is 10.9 Å². The van der Waals surface area contributed by atoms with Gasteiger partial charge in [0.25, 0.3) is 0 Å². The van der Waals surface area contributed by atoms with Gasteiger partial charge in [-0.1, -0.05) is 12.1 Å². The number of nitrogens with one attached hydrogen (secondary N) is 2. The van der Waals surface area contributed by atoms with E-state index in [-0.39, 0.29) is 6.04 Å². The second kappa shape index (κ2) is 6.75. The zero-order valence-electron chi connectivity index (χ0n) is 13.7. The van der Waals surface area contributed by atoms with Gasteiger partial charge < -0.3 is 19.8 Å². The van der Waals surface area contributed by atoms with E-state index < -0.39 is 0 Å². The van der Waals surface area contributed by atoms with Crippen molar-refractivity contribution in [1.29, 1.82) is 0 Å². The third kappa shape index (κ3) is 3.17. The highest BCUT2D eigenvalue weighted by Gasteiger charge is 2.13. The van der Waals surface area contributed by atoms with Gasteiger partial charge in [0.1, 0.15) is 11.5 Å². The summed E-state index contributed by atoms with van der Waals surface area (Å²) in [6.45, 7) is 2.92. The van der Waals surface area contributed by atoms with Gasteiger partial charge in [-0.15, -0.1) is 0 Å². The lowest BCUT2D eigenvalue weighted by Crippen LogP contribution is -2.19. The van der Waals surface area contributed by atoms with Gasteiger partial charge in [-0.2, -0.15) is 0 Å². The predicted molar refractivity (Wildman–Crippen MR) is 93.1 cm³/mol. The van der Waals surface area contributed by atoms with Crippen molar-refractivity contribution in [2.75, 3.05) is 14.2 Å². The minimum Gasteiger partial charge on any atom is -0.497 e. The second-order valence-corrected chi connectivity index (χ2v) is 5.57. The van der Waals surface area contributed by atoms with Crippen LogP contribution in [0.3, 0.4) is 0 Å². The van der Waals surface area contributed by atoms with Crippen LogP contribution in [0.5, 0.6) is 11.5 Å². The van der Waals surface area contributed by atoms with E-state index in [9.17, 15) is 0 Å². The zero-order chi connectivity index (χ0) is 16.2. The summed E-state index contributed by atoms with van der Waals surface area (Å²) in [5, 5.41) is 4.83. The maximum Gasteiger partial charge on any atom is 0.123 e. The van der Waals surface area contributed by atoms with Crippen LogP contribution in [-0.2, 0) is 6.54 Å². The molecule has 0 saturated carbocycles. The van der Waals surface area contributed by atoms with Crippen molar-refractivity contribution >= 4 is 10.9 Å². The molecule has 2 N–H and O–H groups in total. The van der Waals surface area contributed by atoms with E-state index in [0.717, 1.165) is 29.1 Å². The monoisotopic (exact) mass is 310 g/mol. The number of hydrogen-bond donors (Lipinski definition) is 2. The first-order valence-electron chi connectivity index (χ1n) is 7.73. The predicted octanol–water partition coefficient (Wildman–Crippen LogP) is 4.04. The van der Waals surface area contributed by atoms with Crippen molar-refractivity contribution in [3.63, 3.8) is 0 Å². The fraction of sp³-hybridized carbons (Fsp3) is 0.263. The SMILES string of the molecule is COc1ccc(OC)c(C(C)NCc2cccc3[nH]ccc23)c1. The van der Waals surface area contributed by atoms with Gasteiger partial charge in [-0.3, -0.25) is 0 Å². The van der Waals surface area contributed by atoms with Crippen LogP contribution in [-0.4, -0.2) is 19.2 Å². The first-order chi connectivity index (χ1) is 11.2. The molecule has 0 fully saturated rings. The average molecular weight is 310 g/mol. The van der Waals surface area contributed by atoms with Gasteiger partial charge in [-0.05, 0) is 42.8 Å². The summed E-state index contributed by atoms with van der Waals surface area (Å²) in [7, 11) is 3.37. The van der Waals surface area contributed by atoms with Crippen LogP contribution in [0.4, 0.5) is 0 Å². The Hall–Kier alpha value is -2.46. The molecule has 0 aliphatic carbocycles. The van der Waals surface area contributed by atoms with Gasteiger partial charge in [0.15, 0.2) is 0 Å². The van der Waals surface area contributed by atoms with E-state index in [0.29, 0.717) is 0 Å².